The van der Waals surface area contributed by atoms with E-state index in [-0.39, 0.29) is 5.91 Å². The van der Waals surface area contributed by atoms with Crippen LogP contribution in [0.15, 0.2) is 24.3 Å². The van der Waals surface area contributed by atoms with Crippen LogP contribution in [0.3, 0.4) is 0 Å². The molecule has 1 fully saturated rings. The van der Waals surface area contributed by atoms with Gasteiger partial charge in [0.1, 0.15) is 5.75 Å². The SMILES string of the molecule is COc1ccccc1CNC(=O)C[N+](C)(C)C1CCCC1. The Hall–Kier alpha value is -1.55. The van der Waals surface area contributed by atoms with Crippen LogP contribution in [0.25, 0.3) is 0 Å². The van der Waals surface area contributed by atoms with E-state index < -0.39 is 0 Å². The predicted octanol–water partition coefficient (Wildman–Crippen LogP) is 2.33. The van der Waals surface area contributed by atoms with E-state index in [0.717, 1.165) is 15.8 Å². The van der Waals surface area contributed by atoms with Gasteiger partial charge in [-0.25, -0.2) is 0 Å². The molecule has 0 spiro atoms. The predicted molar refractivity (Wildman–Crippen MR) is 84.1 cm³/mol. The highest BCUT2D eigenvalue weighted by molar-refractivity contribution is 5.77. The summed E-state index contributed by atoms with van der Waals surface area (Å²) in [5.74, 6) is 0.931. The molecule has 0 aromatic heterocycles. The minimum atomic E-state index is 0.109. The number of carbonyl (C=O) groups excluding carboxylic acids is 1. The third-order valence-electron chi connectivity index (χ3n) is 4.53. The molecular weight excluding hydrogens is 264 g/mol. The molecule has 0 heterocycles. The fourth-order valence-electron chi connectivity index (χ4n) is 3.20. The number of rotatable bonds is 6. The average Bonchev–Trinajstić information content (AvgIpc) is 3.00. The average molecular weight is 291 g/mol. The first kappa shape index (κ1) is 15.8. The number of benzene rings is 1. The highest BCUT2D eigenvalue weighted by Gasteiger charge is 2.32. The third kappa shape index (κ3) is 4.21. The molecule has 1 aromatic rings. The van der Waals surface area contributed by atoms with Crippen LogP contribution in [0.1, 0.15) is 31.2 Å². The van der Waals surface area contributed by atoms with Crippen molar-refractivity contribution in [2.75, 3.05) is 27.7 Å². The Bertz CT molecular complexity index is 479. The molecule has 1 aliphatic rings. The first-order chi connectivity index (χ1) is 10.0. The number of carbonyl (C=O) groups is 1. The molecular formula is C17H27N2O2+. The summed E-state index contributed by atoms with van der Waals surface area (Å²) in [5, 5.41) is 3.02. The Kier molecular flexibility index (Phi) is 5.23. The number of nitrogens with zero attached hydrogens (tertiary/aromatic N) is 1. The number of hydrogen-bond acceptors (Lipinski definition) is 2. The van der Waals surface area contributed by atoms with Crippen molar-refractivity contribution in [3.63, 3.8) is 0 Å². The molecule has 0 bridgehead atoms. The summed E-state index contributed by atoms with van der Waals surface area (Å²) in [5.41, 5.74) is 1.01. The zero-order valence-corrected chi connectivity index (χ0v) is 13.4. The highest BCUT2D eigenvalue weighted by atomic mass is 16.5. The van der Waals surface area contributed by atoms with Gasteiger partial charge in [-0.1, -0.05) is 18.2 Å². The Balaban J connectivity index is 1.87. The largest absolute Gasteiger partial charge is 0.496 e. The quantitative estimate of drug-likeness (QED) is 0.817. The van der Waals surface area contributed by atoms with Crippen molar-refractivity contribution in [2.24, 2.45) is 0 Å². The maximum atomic E-state index is 12.2. The summed E-state index contributed by atoms with van der Waals surface area (Å²) in [7, 11) is 5.98. The monoisotopic (exact) mass is 291 g/mol. The molecule has 1 saturated carbocycles. The third-order valence-corrected chi connectivity index (χ3v) is 4.53. The summed E-state index contributed by atoms with van der Waals surface area (Å²) in [6.45, 7) is 1.06. The van der Waals surface area contributed by atoms with Crippen LogP contribution in [0, 0.1) is 0 Å². The second kappa shape index (κ2) is 6.94. The highest BCUT2D eigenvalue weighted by Crippen LogP contribution is 2.26. The number of quaternary nitrogens is 1. The van der Waals surface area contributed by atoms with Crippen LogP contribution in [0.4, 0.5) is 0 Å². The van der Waals surface area contributed by atoms with E-state index in [9.17, 15) is 4.79 Å². The number of ether oxygens (including phenoxy) is 1. The minimum absolute atomic E-state index is 0.109. The zero-order valence-electron chi connectivity index (χ0n) is 13.4. The summed E-state index contributed by atoms with van der Waals surface area (Å²) in [4.78, 5) is 12.2. The maximum absolute atomic E-state index is 12.2. The van der Waals surface area contributed by atoms with Gasteiger partial charge in [0.05, 0.1) is 27.2 Å². The fourth-order valence-corrected chi connectivity index (χ4v) is 3.20. The molecule has 116 valence electrons. The number of amides is 1. The standard InChI is InChI=1S/C17H26N2O2/c1-19(2,15-9-5-6-10-15)13-17(20)18-12-14-8-4-7-11-16(14)21-3/h4,7-8,11,15H,5-6,9-10,12-13H2,1-3H3/p+1. The van der Waals surface area contributed by atoms with Crippen LogP contribution < -0.4 is 10.1 Å². The molecule has 1 aliphatic carbocycles. The van der Waals surface area contributed by atoms with Gasteiger partial charge in [-0.3, -0.25) is 4.79 Å². The lowest BCUT2D eigenvalue weighted by Crippen LogP contribution is -2.52. The van der Waals surface area contributed by atoms with Crippen LogP contribution in [0.2, 0.25) is 0 Å². The Morgan fingerprint density at radius 3 is 2.62 bits per heavy atom. The van der Waals surface area contributed by atoms with E-state index >= 15 is 0 Å². The Morgan fingerprint density at radius 2 is 1.95 bits per heavy atom. The van der Waals surface area contributed by atoms with Gasteiger partial charge < -0.3 is 14.5 Å². The van der Waals surface area contributed by atoms with Gasteiger partial charge >= 0.3 is 0 Å². The van der Waals surface area contributed by atoms with Crippen molar-refractivity contribution in [1.29, 1.82) is 0 Å². The summed E-state index contributed by atoms with van der Waals surface area (Å²) < 4.78 is 6.09. The van der Waals surface area contributed by atoms with Crippen molar-refractivity contribution in [3.05, 3.63) is 29.8 Å². The van der Waals surface area contributed by atoms with Crippen molar-refractivity contribution in [2.45, 2.75) is 38.3 Å². The number of para-hydroxylation sites is 1. The molecule has 0 unspecified atom stereocenters. The lowest BCUT2D eigenvalue weighted by molar-refractivity contribution is -0.906. The van der Waals surface area contributed by atoms with Gasteiger partial charge in [0.25, 0.3) is 5.91 Å². The molecule has 0 saturated heterocycles. The minimum Gasteiger partial charge on any atom is -0.496 e. The van der Waals surface area contributed by atoms with E-state index in [2.05, 4.69) is 19.4 Å². The molecule has 21 heavy (non-hydrogen) atoms. The number of methoxy groups -OCH3 is 1. The van der Waals surface area contributed by atoms with Crippen LogP contribution in [-0.4, -0.2) is 44.2 Å². The van der Waals surface area contributed by atoms with Crippen molar-refractivity contribution in [1.82, 2.24) is 5.32 Å². The molecule has 4 nitrogen and oxygen atoms in total. The summed E-state index contributed by atoms with van der Waals surface area (Å²) >= 11 is 0. The first-order valence-corrected chi connectivity index (χ1v) is 7.74. The number of nitrogens with one attached hydrogen (secondary N) is 1. The molecule has 2 rings (SSSR count). The van der Waals surface area contributed by atoms with E-state index in [4.69, 9.17) is 4.74 Å². The van der Waals surface area contributed by atoms with E-state index in [1.165, 1.54) is 25.7 Å². The second-order valence-electron chi connectivity index (χ2n) is 6.46. The van der Waals surface area contributed by atoms with Crippen molar-refractivity contribution < 1.29 is 14.0 Å². The van der Waals surface area contributed by atoms with E-state index in [1.807, 2.05) is 24.3 Å². The van der Waals surface area contributed by atoms with E-state index in [1.54, 1.807) is 7.11 Å². The number of hydrogen-bond donors (Lipinski definition) is 1. The summed E-state index contributed by atoms with van der Waals surface area (Å²) in [6.07, 6.45) is 5.09. The van der Waals surface area contributed by atoms with Crippen LogP contribution in [0.5, 0.6) is 5.75 Å². The molecule has 0 aliphatic heterocycles. The van der Waals surface area contributed by atoms with Gasteiger partial charge in [-0.2, -0.15) is 0 Å². The first-order valence-electron chi connectivity index (χ1n) is 7.74. The second-order valence-corrected chi connectivity index (χ2v) is 6.46. The van der Waals surface area contributed by atoms with Crippen LogP contribution in [-0.2, 0) is 11.3 Å². The lowest BCUT2D eigenvalue weighted by Gasteiger charge is -2.35. The molecule has 0 atom stereocenters. The topological polar surface area (TPSA) is 38.3 Å². The van der Waals surface area contributed by atoms with Gasteiger partial charge in [0, 0.05) is 12.1 Å². The number of likely N-dealkylation sites (N-methyl/N-ethyl adjacent to an activating group) is 1. The molecule has 4 heteroatoms. The van der Waals surface area contributed by atoms with Gasteiger partial charge in [-0.05, 0) is 31.7 Å². The van der Waals surface area contributed by atoms with Crippen molar-refractivity contribution in [3.8, 4) is 5.75 Å². The zero-order chi connectivity index (χ0) is 15.3. The maximum Gasteiger partial charge on any atom is 0.275 e. The summed E-state index contributed by atoms with van der Waals surface area (Å²) in [6, 6.07) is 8.42. The smallest absolute Gasteiger partial charge is 0.275 e. The van der Waals surface area contributed by atoms with Gasteiger partial charge in [-0.15, -0.1) is 0 Å². The van der Waals surface area contributed by atoms with Gasteiger partial charge in [0.2, 0.25) is 0 Å². The van der Waals surface area contributed by atoms with Crippen LogP contribution >= 0.6 is 0 Å². The normalized spacial score (nSPS) is 16.0. The Morgan fingerprint density at radius 1 is 1.29 bits per heavy atom. The molecule has 1 N–H and O–H groups in total. The molecule has 1 aromatic carbocycles. The molecule has 1 amide bonds. The van der Waals surface area contributed by atoms with Crippen molar-refractivity contribution >= 4 is 5.91 Å². The fraction of sp³-hybridized carbons (Fsp3) is 0.588. The van der Waals surface area contributed by atoms with E-state index in [0.29, 0.717) is 19.1 Å². The molecule has 0 radical (unpaired) electrons. The lowest BCUT2D eigenvalue weighted by atomic mass is 10.1. The van der Waals surface area contributed by atoms with Gasteiger partial charge in [0.15, 0.2) is 6.54 Å². The Labute approximate surface area is 127 Å².